The standard InChI is InChI=1S/C35H38N6O3/c1-5-41(6-2)19-18-36-35(44)31-22(3)30(37-23(31)4)21-28-27-16-11-17-29(32(27)40-34(28)43)38-25-14-10-15-26(20-25)39-33(42)24-12-8-7-9-13-24/h7-17,20-21,37-38H,5-6,18-19H2,1-4H3,(H,36,44)(H,39,42)(H,40,43)/b28-21-. The lowest BCUT2D eigenvalue weighted by Crippen LogP contribution is -2.35. The predicted molar refractivity (Wildman–Crippen MR) is 177 cm³/mol. The average Bonchev–Trinajstić information content (AvgIpc) is 3.50. The lowest BCUT2D eigenvalue weighted by molar-refractivity contribution is -0.110. The molecule has 1 aliphatic rings. The molecule has 0 saturated carbocycles. The van der Waals surface area contributed by atoms with Crippen LogP contribution in [0.15, 0.2) is 72.8 Å². The maximum Gasteiger partial charge on any atom is 0.256 e. The second-order valence-electron chi connectivity index (χ2n) is 10.7. The zero-order valence-electron chi connectivity index (χ0n) is 25.5. The number of rotatable bonds is 11. The van der Waals surface area contributed by atoms with Gasteiger partial charge < -0.3 is 31.2 Å². The molecule has 0 fully saturated rings. The van der Waals surface area contributed by atoms with Gasteiger partial charge in [0.15, 0.2) is 0 Å². The molecule has 3 amide bonds. The summed E-state index contributed by atoms with van der Waals surface area (Å²) in [7, 11) is 0. The van der Waals surface area contributed by atoms with Gasteiger partial charge in [0, 0.05) is 47.0 Å². The molecule has 0 aliphatic carbocycles. The number of nitrogens with one attached hydrogen (secondary N) is 5. The van der Waals surface area contributed by atoms with E-state index < -0.39 is 0 Å². The first-order chi connectivity index (χ1) is 21.3. The van der Waals surface area contributed by atoms with E-state index in [0.717, 1.165) is 53.5 Å². The normalized spacial score (nSPS) is 13.1. The Morgan fingerprint density at radius 1 is 0.886 bits per heavy atom. The summed E-state index contributed by atoms with van der Waals surface area (Å²) in [5.74, 6) is -0.548. The molecular weight excluding hydrogens is 552 g/mol. The van der Waals surface area contributed by atoms with Gasteiger partial charge in [0.2, 0.25) is 0 Å². The van der Waals surface area contributed by atoms with Gasteiger partial charge in [-0.3, -0.25) is 14.4 Å². The van der Waals surface area contributed by atoms with Crippen molar-refractivity contribution in [1.29, 1.82) is 0 Å². The molecule has 3 aromatic carbocycles. The molecule has 2 heterocycles. The van der Waals surface area contributed by atoms with Crippen LogP contribution in [0.4, 0.5) is 22.7 Å². The van der Waals surface area contributed by atoms with E-state index in [1.165, 1.54) is 0 Å². The maximum atomic E-state index is 13.2. The zero-order valence-corrected chi connectivity index (χ0v) is 25.5. The molecule has 9 heteroatoms. The second kappa shape index (κ2) is 13.4. The Balaban J connectivity index is 1.34. The van der Waals surface area contributed by atoms with E-state index in [2.05, 4.69) is 45.0 Å². The molecule has 226 valence electrons. The summed E-state index contributed by atoms with van der Waals surface area (Å²) in [5, 5.41) is 12.3. The topological polar surface area (TPSA) is 118 Å². The first-order valence-corrected chi connectivity index (χ1v) is 14.9. The molecule has 9 nitrogen and oxygen atoms in total. The fourth-order valence-corrected chi connectivity index (χ4v) is 5.44. The number of aromatic nitrogens is 1. The Hall–Kier alpha value is -5.15. The maximum absolute atomic E-state index is 13.2. The number of benzene rings is 3. The molecule has 0 bridgehead atoms. The number of amides is 3. The Bertz CT molecular complexity index is 1720. The van der Waals surface area contributed by atoms with E-state index >= 15 is 0 Å². The number of likely N-dealkylation sites (N-methyl/N-ethyl adjacent to an activating group) is 1. The molecule has 4 aromatic rings. The highest BCUT2D eigenvalue weighted by molar-refractivity contribution is 6.36. The molecule has 5 N–H and O–H groups in total. The number of hydrogen-bond acceptors (Lipinski definition) is 5. The van der Waals surface area contributed by atoms with Crippen LogP contribution in [0.3, 0.4) is 0 Å². The molecule has 0 atom stereocenters. The van der Waals surface area contributed by atoms with E-state index in [-0.39, 0.29) is 17.7 Å². The van der Waals surface area contributed by atoms with Crippen LogP contribution in [-0.4, -0.2) is 53.8 Å². The van der Waals surface area contributed by atoms with Gasteiger partial charge in [0.05, 0.1) is 22.5 Å². The number of aryl methyl sites for hydroxylation is 1. The third-order valence-corrected chi connectivity index (χ3v) is 7.87. The van der Waals surface area contributed by atoms with Gasteiger partial charge in [-0.2, -0.15) is 0 Å². The number of anilines is 4. The number of carbonyl (C=O) groups excluding carboxylic acids is 3. The number of para-hydroxylation sites is 1. The second-order valence-corrected chi connectivity index (χ2v) is 10.7. The minimum Gasteiger partial charge on any atom is -0.358 e. The summed E-state index contributed by atoms with van der Waals surface area (Å²) < 4.78 is 0. The summed E-state index contributed by atoms with van der Waals surface area (Å²) in [4.78, 5) is 44.4. The predicted octanol–water partition coefficient (Wildman–Crippen LogP) is 6.19. The Morgan fingerprint density at radius 3 is 2.36 bits per heavy atom. The fraction of sp³-hybridized carbons (Fsp3) is 0.229. The van der Waals surface area contributed by atoms with Gasteiger partial charge in [-0.1, -0.05) is 50.2 Å². The van der Waals surface area contributed by atoms with Gasteiger partial charge in [-0.25, -0.2) is 0 Å². The van der Waals surface area contributed by atoms with E-state index in [1.807, 2.05) is 74.5 Å². The number of aromatic amines is 1. The third kappa shape index (κ3) is 6.58. The van der Waals surface area contributed by atoms with Crippen LogP contribution in [-0.2, 0) is 4.79 Å². The summed E-state index contributed by atoms with van der Waals surface area (Å²) >= 11 is 0. The van der Waals surface area contributed by atoms with Gasteiger partial charge in [0.25, 0.3) is 17.7 Å². The summed E-state index contributed by atoms with van der Waals surface area (Å²) in [6.07, 6.45) is 1.81. The molecule has 1 aliphatic heterocycles. The van der Waals surface area contributed by atoms with Crippen molar-refractivity contribution >= 4 is 52.1 Å². The monoisotopic (exact) mass is 590 g/mol. The summed E-state index contributed by atoms with van der Waals surface area (Å²) in [6, 6.07) is 22.1. The number of fused-ring (bicyclic) bond motifs is 1. The average molecular weight is 591 g/mol. The smallest absolute Gasteiger partial charge is 0.256 e. The largest absolute Gasteiger partial charge is 0.358 e. The molecule has 0 radical (unpaired) electrons. The quantitative estimate of drug-likeness (QED) is 0.134. The molecule has 5 rings (SSSR count). The van der Waals surface area contributed by atoms with Gasteiger partial charge in [-0.15, -0.1) is 0 Å². The first kappa shape index (κ1) is 30.3. The highest BCUT2D eigenvalue weighted by Gasteiger charge is 2.28. The van der Waals surface area contributed by atoms with Crippen LogP contribution < -0.4 is 21.3 Å². The van der Waals surface area contributed by atoms with Crippen molar-refractivity contribution in [3.63, 3.8) is 0 Å². The van der Waals surface area contributed by atoms with Crippen LogP contribution in [0.1, 0.15) is 57.1 Å². The molecular formula is C35H38N6O3. The lowest BCUT2D eigenvalue weighted by atomic mass is 10.0. The molecule has 0 unspecified atom stereocenters. The highest BCUT2D eigenvalue weighted by Crippen LogP contribution is 2.40. The third-order valence-electron chi connectivity index (χ3n) is 7.87. The van der Waals surface area contributed by atoms with Crippen molar-refractivity contribution in [2.24, 2.45) is 0 Å². The minimum absolute atomic E-state index is 0.127. The summed E-state index contributed by atoms with van der Waals surface area (Å²) in [5.41, 5.74) is 7.48. The van der Waals surface area contributed by atoms with Crippen molar-refractivity contribution < 1.29 is 14.4 Å². The fourth-order valence-electron chi connectivity index (χ4n) is 5.44. The van der Waals surface area contributed by atoms with Crippen LogP contribution in [0.25, 0.3) is 11.6 Å². The van der Waals surface area contributed by atoms with E-state index in [4.69, 9.17) is 0 Å². The zero-order chi connectivity index (χ0) is 31.2. The van der Waals surface area contributed by atoms with Gasteiger partial charge >= 0.3 is 0 Å². The van der Waals surface area contributed by atoms with Gasteiger partial charge in [-0.05, 0) is 75.0 Å². The Morgan fingerprint density at radius 2 is 1.61 bits per heavy atom. The van der Waals surface area contributed by atoms with Crippen molar-refractivity contribution in [3.8, 4) is 0 Å². The number of hydrogen-bond donors (Lipinski definition) is 5. The van der Waals surface area contributed by atoms with Crippen LogP contribution >= 0.6 is 0 Å². The number of H-pyrrole nitrogens is 1. The van der Waals surface area contributed by atoms with Crippen molar-refractivity contribution in [2.45, 2.75) is 27.7 Å². The number of nitrogens with zero attached hydrogens (tertiary/aromatic N) is 1. The van der Waals surface area contributed by atoms with Gasteiger partial charge in [0.1, 0.15) is 0 Å². The van der Waals surface area contributed by atoms with Crippen molar-refractivity contribution in [1.82, 2.24) is 15.2 Å². The highest BCUT2D eigenvalue weighted by atomic mass is 16.2. The molecule has 0 saturated heterocycles. The lowest BCUT2D eigenvalue weighted by Gasteiger charge is -2.18. The van der Waals surface area contributed by atoms with E-state index in [9.17, 15) is 14.4 Å². The van der Waals surface area contributed by atoms with Crippen molar-refractivity contribution in [3.05, 3.63) is 106 Å². The molecule has 44 heavy (non-hydrogen) atoms. The minimum atomic E-state index is -0.227. The Kier molecular flexibility index (Phi) is 9.26. The van der Waals surface area contributed by atoms with E-state index in [0.29, 0.717) is 34.6 Å². The summed E-state index contributed by atoms with van der Waals surface area (Å²) in [6.45, 7) is 11.2. The first-order valence-electron chi connectivity index (χ1n) is 14.9. The van der Waals surface area contributed by atoms with Crippen LogP contribution in [0, 0.1) is 13.8 Å². The van der Waals surface area contributed by atoms with Crippen LogP contribution in [0.5, 0.6) is 0 Å². The van der Waals surface area contributed by atoms with Crippen molar-refractivity contribution in [2.75, 3.05) is 42.1 Å². The number of carbonyl (C=O) groups is 3. The SMILES string of the molecule is CCN(CC)CCNC(=O)c1c(C)[nH]c(/C=C2\C(=O)Nc3c(Nc4cccc(NC(=O)c5ccccc5)c4)cccc32)c1C. The van der Waals surface area contributed by atoms with E-state index in [1.54, 1.807) is 18.2 Å². The van der Waals surface area contributed by atoms with Crippen LogP contribution in [0.2, 0.25) is 0 Å². The molecule has 0 spiro atoms. The Labute approximate surface area is 257 Å². The molecule has 1 aromatic heterocycles.